The smallest absolute Gasteiger partial charge is 0.381 e. The highest BCUT2D eigenvalue weighted by Gasteiger charge is 1.74. The van der Waals surface area contributed by atoms with Crippen LogP contribution < -0.4 is 0 Å². The molecule has 0 aromatic carbocycles. The summed E-state index contributed by atoms with van der Waals surface area (Å²) in [5, 5.41) is 7.49. The molecule has 0 amide bonds. The second-order valence-electron chi connectivity index (χ2n) is 1.21. The largest absolute Gasteiger partial charge is 0.472 e. The van der Waals surface area contributed by atoms with Crippen molar-refractivity contribution < 1.29 is 9.90 Å². The van der Waals surface area contributed by atoms with Crippen LogP contribution in [-0.4, -0.2) is 21.0 Å². The summed E-state index contributed by atoms with van der Waals surface area (Å²) >= 11 is 0. The van der Waals surface area contributed by atoms with Crippen LogP contribution in [0, 0.1) is 12.3 Å². The van der Waals surface area contributed by atoms with Crippen molar-refractivity contribution in [3.8, 4) is 12.3 Å². The zero-order valence-electron chi connectivity index (χ0n) is 5.11. The fourth-order valence-corrected chi connectivity index (χ4v) is 0.215. The van der Waals surface area contributed by atoms with Crippen LogP contribution in [0.5, 0.6) is 0 Å². The van der Waals surface area contributed by atoms with Gasteiger partial charge in [-0.1, -0.05) is 0 Å². The van der Waals surface area contributed by atoms with Crippen molar-refractivity contribution in [3.63, 3.8) is 0 Å². The average molecular weight is 138 g/mol. The maximum absolute atomic E-state index is 9.13. The normalized spacial score (nSPS) is 6.70. The van der Waals surface area contributed by atoms with Crippen molar-refractivity contribution in [2.45, 2.75) is 0 Å². The van der Waals surface area contributed by atoms with Crippen LogP contribution in [-0.2, 0) is 4.79 Å². The molecule has 10 heavy (non-hydrogen) atoms. The highest BCUT2D eigenvalue weighted by molar-refractivity contribution is 5.85. The predicted octanol–water partition coefficient (Wildman–Crippen LogP) is 0.114. The van der Waals surface area contributed by atoms with Gasteiger partial charge in [-0.05, 0) is 0 Å². The second-order valence-corrected chi connectivity index (χ2v) is 1.21. The number of aliphatic carboxylic acids is 1. The fourth-order valence-electron chi connectivity index (χ4n) is 0.215. The van der Waals surface area contributed by atoms with Crippen LogP contribution in [0.4, 0.5) is 0 Å². The Balaban J connectivity index is 0.000000162. The maximum atomic E-state index is 9.13. The second kappa shape index (κ2) is 5.38. The lowest BCUT2D eigenvalue weighted by atomic mass is 10.7. The summed E-state index contributed by atoms with van der Waals surface area (Å²) in [6.07, 6.45) is 9.41. The molecule has 2 N–H and O–H groups in total. The zero-order valence-corrected chi connectivity index (χ0v) is 5.11. The minimum absolute atomic E-state index is 1.22. The quantitative estimate of drug-likeness (QED) is 0.500. The molecule has 0 fully saturated rings. The van der Waals surface area contributed by atoms with Crippen molar-refractivity contribution in [2.75, 3.05) is 0 Å². The average Bonchev–Trinajstić information content (AvgIpc) is 2.43. The number of rotatable bonds is 0. The van der Waals surface area contributed by atoms with Gasteiger partial charge < -0.3 is 10.1 Å². The Kier molecular flexibility index (Phi) is 4.43. The molecule has 0 spiro atoms. The first-order valence-electron chi connectivity index (χ1n) is 2.39. The first-order valence-corrected chi connectivity index (χ1v) is 2.39. The van der Waals surface area contributed by atoms with Crippen LogP contribution in [0.3, 0.4) is 0 Å². The first-order chi connectivity index (χ1) is 4.77. The molecule has 0 aliphatic heterocycles. The molecule has 0 atom stereocenters. The van der Waals surface area contributed by atoms with Gasteiger partial charge in [-0.15, -0.1) is 6.42 Å². The van der Waals surface area contributed by atoms with Gasteiger partial charge in [-0.2, -0.15) is 0 Å². The van der Waals surface area contributed by atoms with E-state index in [9.17, 15) is 0 Å². The van der Waals surface area contributed by atoms with E-state index in [0.29, 0.717) is 0 Å². The van der Waals surface area contributed by atoms with Crippen LogP contribution in [0.25, 0.3) is 0 Å². The number of nitrogens with one attached hydrogen (secondary N) is 1. The molecule has 0 saturated carbocycles. The summed E-state index contributed by atoms with van der Waals surface area (Å²) in [4.78, 5) is 15.5. The van der Waals surface area contributed by atoms with Gasteiger partial charge in [0, 0.05) is 18.3 Å². The number of aromatic nitrogens is 2. The Morgan fingerprint density at radius 3 is 2.50 bits per heavy atom. The Hall–Kier alpha value is -1.76. The van der Waals surface area contributed by atoms with Crippen molar-refractivity contribution in [1.29, 1.82) is 0 Å². The van der Waals surface area contributed by atoms with Gasteiger partial charge in [0.05, 0.1) is 6.33 Å². The number of hydrogen-bond acceptors (Lipinski definition) is 2. The number of carboxylic acids is 1. The van der Waals surface area contributed by atoms with Gasteiger partial charge in [0.25, 0.3) is 0 Å². The van der Waals surface area contributed by atoms with E-state index < -0.39 is 5.97 Å². The van der Waals surface area contributed by atoms with Crippen LogP contribution in [0.2, 0.25) is 0 Å². The molecule has 52 valence electrons. The molecule has 0 aliphatic rings. The molecule has 0 unspecified atom stereocenters. The summed E-state index contributed by atoms with van der Waals surface area (Å²) in [6, 6.07) is 0. The van der Waals surface area contributed by atoms with E-state index in [1.807, 2.05) is 0 Å². The van der Waals surface area contributed by atoms with Gasteiger partial charge in [0.2, 0.25) is 0 Å². The van der Waals surface area contributed by atoms with Gasteiger partial charge >= 0.3 is 5.97 Å². The molecule has 0 bridgehead atoms. The number of carbonyl (C=O) groups is 1. The van der Waals surface area contributed by atoms with Crippen molar-refractivity contribution in [1.82, 2.24) is 9.97 Å². The fraction of sp³-hybridized carbons (Fsp3) is 0. The van der Waals surface area contributed by atoms with E-state index in [4.69, 9.17) is 9.90 Å². The van der Waals surface area contributed by atoms with Gasteiger partial charge in [-0.25, -0.2) is 9.78 Å². The summed E-state index contributed by atoms with van der Waals surface area (Å²) in [5.41, 5.74) is 0. The molecule has 1 aromatic heterocycles. The van der Waals surface area contributed by atoms with E-state index in [0.717, 1.165) is 0 Å². The van der Waals surface area contributed by atoms with Gasteiger partial charge in [0.15, 0.2) is 0 Å². The molecule has 0 saturated heterocycles. The number of aromatic amines is 1. The van der Waals surface area contributed by atoms with Crippen LogP contribution >= 0.6 is 0 Å². The Labute approximate surface area is 57.9 Å². The summed E-state index contributed by atoms with van der Waals surface area (Å²) in [6.45, 7) is 0. The third kappa shape index (κ3) is 6.24. The highest BCUT2D eigenvalue weighted by Crippen LogP contribution is 1.62. The summed E-state index contributed by atoms with van der Waals surface area (Å²) in [7, 11) is 0. The molecule has 4 heteroatoms. The molecule has 0 radical (unpaired) electrons. The topological polar surface area (TPSA) is 66.0 Å². The monoisotopic (exact) mass is 138 g/mol. The van der Waals surface area contributed by atoms with E-state index in [-0.39, 0.29) is 0 Å². The molecule has 1 rings (SSSR count). The molecular formula is C6H6N2O2. The molecule has 4 nitrogen and oxygen atoms in total. The van der Waals surface area contributed by atoms with E-state index in [1.165, 1.54) is 5.92 Å². The van der Waals surface area contributed by atoms with Crippen molar-refractivity contribution in [2.24, 2.45) is 0 Å². The number of carboxylic acid groups (broad SMARTS) is 1. The lowest BCUT2D eigenvalue weighted by Gasteiger charge is -1.60. The number of imidazole rings is 1. The first kappa shape index (κ1) is 8.24. The number of H-pyrrole nitrogens is 1. The Bertz CT molecular complexity index is 193. The maximum Gasteiger partial charge on any atom is 0.381 e. The number of terminal acetylenes is 1. The molecule has 1 heterocycles. The van der Waals surface area contributed by atoms with E-state index in [1.54, 1.807) is 18.7 Å². The minimum Gasteiger partial charge on any atom is -0.472 e. The number of nitrogens with zero attached hydrogens (tertiary/aromatic N) is 1. The van der Waals surface area contributed by atoms with E-state index >= 15 is 0 Å². The van der Waals surface area contributed by atoms with Crippen LogP contribution in [0.15, 0.2) is 18.7 Å². The predicted molar refractivity (Wildman–Crippen MR) is 35.1 cm³/mol. The molecular weight excluding hydrogens is 132 g/mol. The Morgan fingerprint density at radius 2 is 2.40 bits per heavy atom. The minimum atomic E-state index is -1.22. The van der Waals surface area contributed by atoms with E-state index in [2.05, 4.69) is 16.4 Å². The lowest BCUT2D eigenvalue weighted by Crippen LogP contribution is -1.83. The summed E-state index contributed by atoms with van der Waals surface area (Å²) in [5.74, 6) is 0.227. The molecule has 1 aromatic rings. The van der Waals surface area contributed by atoms with Crippen molar-refractivity contribution in [3.05, 3.63) is 18.7 Å². The van der Waals surface area contributed by atoms with Gasteiger partial charge in [-0.3, -0.25) is 0 Å². The standard InChI is InChI=1S/C3H4N2.C3H2O2/c1-2-5-3-4-1;1-2-3(4)5/h1-3H,(H,4,5);1H,(H,4,5). The third-order valence-electron chi connectivity index (χ3n) is 0.529. The van der Waals surface area contributed by atoms with Crippen LogP contribution in [0.1, 0.15) is 0 Å². The van der Waals surface area contributed by atoms with Gasteiger partial charge in [0.1, 0.15) is 0 Å². The summed E-state index contributed by atoms with van der Waals surface area (Å²) < 4.78 is 0. The zero-order chi connectivity index (χ0) is 7.82. The number of hydrogen-bond donors (Lipinski definition) is 2. The third-order valence-corrected chi connectivity index (χ3v) is 0.529. The van der Waals surface area contributed by atoms with Crippen molar-refractivity contribution >= 4 is 5.97 Å². The molecule has 0 aliphatic carbocycles. The Morgan fingerprint density at radius 1 is 1.80 bits per heavy atom. The highest BCUT2D eigenvalue weighted by atomic mass is 16.4. The lowest BCUT2D eigenvalue weighted by molar-refractivity contribution is -0.130. The SMILES string of the molecule is C#CC(=O)O.c1c[nH]cn1.